The van der Waals surface area contributed by atoms with E-state index >= 15 is 0 Å². The third kappa shape index (κ3) is 5.64. The van der Waals surface area contributed by atoms with E-state index in [1.165, 1.54) is 0 Å². The van der Waals surface area contributed by atoms with E-state index in [1.54, 1.807) is 41.3 Å². The van der Waals surface area contributed by atoms with Crippen LogP contribution in [-0.2, 0) is 9.59 Å². The zero-order chi connectivity index (χ0) is 26.4. The van der Waals surface area contributed by atoms with Gasteiger partial charge in [0.05, 0.1) is 11.6 Å². The Hall–Kier alpha value is -3.78. The molecule has 8 nitrogen and oxygen atoms in total. The molecule has 0 spiro atoms. The summed E-state index contributed by atoms with van der Waals surface area (Å²) in [6.07, 6.45) is 2.36. The number of ether oxygens (including phenoxy) is 3. The number of hydrogen-bond donors (Lipinski definition) is 1. The van der Waals surface area contributed by atoms with Crippen molar-refractivity contribution in [1.29, 1.82) is 0 Å². The van der Waals surface area contributed by atoms with Crippen LogP contribution in [-0.4, -0.2) is 72.6 Å². The molecule has 2 aromatic rings. The molecule has 2 heterocycles. The minimum atomic E-state index is -0.724. The second-order valence-electron chi connectivity index (χ2n) is 8.90. The summed E-state index contributed by atoms with van der Waals surface area (Å²) in [6, 6.07) is 11.5. The van der Waals surface area contributed by atoms with Gasteiger partial charge in [0.25, 0.3) is 11.7 Å². The lowest BCUT2D eigenvalue weighted by Gasteiger charge is -2.27. The molecule has 1 fully saturated rings. The first-order valence-electron chi connectivity index (χ1n) is 12.7. The van der Waals surface area contributed by atoms with Gasteiger partial charge in [-0.3, -0.25) is 9.59 Å². The molecular weight excluding hydrogens is 472 g/mol. The van der Waals surface area contributed by atoms with Crippen LogP contribution in [0.25, 0.3) is 5.76 Å². The number of fused-ring (bicyclic) bond motifs is 1. The molecule has 0 unspecified atom stereocenters. The van der Waals surface area contributed by atoms with Gasteiger partial charge in [0.15, 0.2) is 11.5 Å². The average Bonchev–Trinajstić information content (AvgIpc) is 3.18. The minimum Gasteiger partial charge on any atom is -0.507 e. The van der Waals surface area contributed by atoms with Crippen LogP contribution in [0, 0.1) is 0 Å². The van der Waals surface area contributed by atoms with E-state index in [0.29, 0.717) is 61.2 Å². The Labute approximate surface area is 217 Å². The number of hydrogen-bond acceptors (Lipinski definition) is 7. The fourth-order valence-electron chi connectivity index (χ4n) is 4.71. The van der Waals surface area contributed by atoms with Crippen molar-refractivity contribution >= 4 is 17.4 Å². The Morgan fingerprint density at radius 1 is 1.11 bits per heavy atom. The summed E-state index contributed by atoms with van der Waals surface area (Å²) < 4.78 is 16.8. The molecule has 0 aliphatic carbocycles. The van der Waals surface area contributed by atoms with E-state index in [4.69, 9.17) is 14.2 Å². The van der Waals surface area contributed by atoms with Gasteiger partial charge < -0.3 is 29.1 Å². The molecule has 196 valence electrons. The van der Waals surface area contributed by atoms with Crippen LogP contribution in [0.4, 0.5) is 0 Å². The normalized spacial score (nSPS) is 18.4. The summed E-state index contributed by atoms with van der Waals surface area (Å²) >= 11 is 0. The van der Waals surface area contributed by atoms with Crippen LogP contribution in [0.1, 0.15) is 37.4 Å². The number of benzene rings is 2. The predicted octanol–water partition coefficient (Wildman–Crippen LogP) is 4.18. The van der Waals surface area contributed by atoms with E-state index in [-0.39, 0.29) is 11.3 Å². The summed E-state index contributed by atoms with van der Waals surface area (Å²) in [4.78, 5) is 30.4. The lowest BCUT2D eigenvalue weighted by molar-refractivity contribution is -0.140. The monoisotopic (exact) mass is 506 g/mol. The van der Waals surface area contributed by atoms with Crippen molar-refractivity contribution in [2.75, 3.05) is 46.0 Å². The molecule has 1 saturated heterocycles. The predicted molar refractivity (Wildman–Crippen MR) is 141 cm³/mol. The first-order valence-corrected chi connectivity index (χ1v) is 12.7. The number of aliphatic hydroxyl groups is 1. The summed E-state index contributed by atoms with van der Waals surface area (Å²) in [5.74, 6) is 0.158. The van der Waals surface area contributed by atoms with E-state index < -0.39 is 17.7 Å². The summed E-state index contributed by atoms with van der Waals surface area (Å²) in [5, 5.41) is 11.4. The molecule has 4 rings (SSSR count). The van der Waals surface area contributed by atoms with Crippen molar-refractivity contribution in [3.8, 4) is 17.2 Å². The van der Waals surface area contributed by atoms with Crippen molar-refractivity contribution in [2.24, 2.45) is 0 Å². The van der Waals surface area contributed by atoms with Gasteiger partial charge in [0.1, 0.15) is 31.3 Å². The summed E-state index contributed by atoms with van der Waals surface area (Å²) in [6.45, 7) is 12.1. The Morgan fingerprint density at radius 3 is 2.49 bits per heavy atom. The standard InChI is InChI=1S/C29H34N2O6/c1-4-16-35-22-11-8-20(9-12-22)26-25(27(32)21-10-13-23-24(19-21)37-18-17-36-23)28(33)29(34)31(26)15-7-14-30(5-2)6-3/h4,8-13,19,26,32H,1,5-7,14-18H2,2-3H3/t26-/m1/s1. The number of ketones is 1. The number of nitrogens with zero attached hydrogens (tertiary/aromatic N) is 2. The molecule has 0 radical (unpaired) electrons. The Morgan fingerprint density at radius 2 is 1.81 bits per heavy atom. The first kappa shape index (κ1) is 26.3. The topological polar surface area (TPSA) is 88.5 Å². The number of carbonyl (C=O) groups excluding carboxylic acids is 2. The number of amides is 1. The van der Waals surface area contributed by atoms with Gasteiger partial charge in [-0.15, -0.1) is 0 Å². The van der Waals surface area contributed by atoms with Crippen LogP contribution in [0.5, 0.6) is 17.2 Å². The Bertz CT molecular complexity index is 1170. The molecule has 0 aromatic heterocycles. The molecule has 0 bridgehead atoms. The molecule has 1 amide bonds. The molecule has 0 saturated carbocycles. The largest absolute Gasteiger partial charge is 0.507 e. The Kier molecular flexibility index (Phi) is 8.50. The smallest absolute Gasteiger partial charge is 0.295 e. The highest BCUT2D eigenvalue weighted by Crippen LogP contribution is 2.41. The molecule has 8 heteroatoms. The highest BCUT2D eigenvalue weighted by atomic mass is 16.6. The van der Waals surface area contributed by atoms with Gasteiger partial charge >= 0.3 is 0 Å². The van der Waals surface area contributed by atoms with Gasteiger partial charge in [-0.25, -0.2) is 0 Å². The van der Waals surface area contributed by atoms with Gasteiger partial charge in [-0.05, 0) is 62.0 Å². The average molecular weight is 507 g/mol. The van der Waals surface area contributed by atoms with Crippen LogP contribution in [0.15, 0.2) is 60.7 Å². The number of carbonyl (C=O) groups is 2. The van der Waals surface area contributed by atoms with Gasteiger partial charge in [0.2, 0.25) is 0 Å². The lowest BCUT2D eigenvalue weighted by Crippen LogP contribution is -2.33. The van der Waals surface area contributed by atoms with Crippen molar-refractivity contribution in [2.45, 2.75) is 26.3 Å². The number of Topliss-reactive ketones (excluding diaryl/α,β-unsaturated/α-hetero) is 1. The maximum Gasteiger partial charge on any atom is 0.295 e. The van der Waals surface area contributed by atoms with Gasteiger partial charge in [-0.1, -0.05) is 38.6 Å². The van der Waals surface area contributed by atoms with Crippen LogP contribution >= 0.6 is 0 Å². The molecule has 1 N–H and O–H groups in total. The third-order valence-corrected chi connectivity index (χ3v) is 6.69. The molecule has 2 aromatic carbocycles. The maximum atomic E-state index is 13.3. The fourth-order valence-corrected chi connectivity index (χ4v) is 4.71. The van der Waals surface area contributed by atoms with Gasteiger partial charge in [-0.2, -0.15) is 0 Å². The Balaban J connectivity index is 1.71. The van der Waals surface area contributed by atoms with Crippen molar-refractivity contribution < 1.29 is 28.9 Å². The van der Waals surface area contributed by atoms with E-state index in [2.05, 4.69) is 25.3 Å². The second kappa shape index (κ2) is 12.0. The fraction of sp³-hybridized carbons (Fsp3) is 0.379. The van der Waals surface area contributed by atoms with Crippen LogP contribution in [0.2, 0.25) is 0 Å². The first-order chi connectivity index (χ1) is 18.0. The van der Waals surface area contributed by atoms with Crippen LogP contribution < -0.4 is 14.2 Å². The highest BCUT2D eigenvalue weighted by molar-refractivity contribution is 6.46. The molecule has 2 aliphatic heterocycles. The minimum absolute atomic E-state index is 0.0595. The highest BCUT2D eigenvalue weighted by Gasteiger charge is 2.45. The summed E-state index contributed by atoms with van der Waals surface area (Å²) in [5.41, 5.74) is 1.16. The molecule has 37 heavy (non-hydrogen) atoms. The van der Waals surface area contributed by atoms with E-state index in [1.807, 2.05) is 12.1 Å². The lowest BCUT2D eigenvalue weighted by atomic mass is 9.95. The molecule has 2 aliphatic rings. The quantitative estimate of drug-likeness (QED) is 0.212. The maximum absolute atomic E-state index is 13.3. The number of likely N-dealkylation sites (tertiary alicyclic amines) is 1. The SMILES string of the molecule is C=CCOc1ccc([C@@H]2C(=C(O)c3ccc4c(c3)OCCO4)C(=O)C(=O)N2CCCN(CC)CC)cc1. The zero-order valence-electron chi connectivity index (χ0n) is 21.4. The van der Waals surface area contributed by atoms with Crippen LogP contribution in [0.3, 0.4) is 0 Å². The van der Waals surface area contributed by atoms with Crippen molar-refractivity contribution in [1.82, 2.24) is 9.80 Å². The van der Waals surface area contributed by atoms with Crippen molar-refractivity contribution in [3.05, 3.63) is 71.8 Å². The number of aliphatic hydroxyl groups excluding tert-OH is 1. The van der Waals surface area contributed by atoms with Crippen molar-refractivity contribution in [3.63, 3.8) is 0 Å². The summed E-state index contributed by atoms with van der Waals surface area (Å²) in [7, 11) is 0. The zero-order valence-corrected chi connectivity index (χ0v) is 21.4. The van der Waals surface area contributed by atoms with E-state index in [0.717, 1.165) is 19.6 Å². The number of rotatable bonds is 11. The second-order valence-corrected chi connectivity index (χ2v) is 8.90. The van der Waals surface area contributed by atoms with Gasteiger partial charge in [0, 0.05) is 12.1 Å². The molecular formula is C29H34N2O6. The molecule has 1 atom stereocenters. The van der Waals surface area contributed by atoms with E-state index in [9.17, 15) is 14.7 Å². The third-order valence-electron chi connectivity index (χ3n) is 6.69.